The topological polar surface area (TPSA) is 47.3 Å². The van der Waals surface area contributed by atoms with Crippen molar-refractivity contribution < 1.29 is 5.11 Å². The molecule has 2 aliphatic rings. The van der Waals surface area contributed by atoms with Gasteiger partial charge in [0.1, 0.15) is 0 Å². The van der Waals surface area contributed by atoms with Crippen molar-refractivity contribution in [2.45, 2.75) is 57.1 Å². The molecule has 0 bridgehead atoms. The van der Waals surface area contributed by atoms with E-state index in [2.05, 4.69) is 11.0 Å². The molecule has 2 atom stereocenters. The summed E-state index contributed by atoms with van der Waals surface area (Å²) in [4.78, 5) is 2.44. The first-order valence-electron chi connectivity index (χ1n) is 6.48. The Morgan fingerprint density at radius 1 is 1.25 bits per heavy atom. The van der Waals surface area contributed by atoms with Crippen LogP contribution in [-0.2, 0) is 0 Å². The van der Waals surface area contributed by atoms with E-state index in [9.17, 15) is 5.11 Å². The number of hydrogen-bond donors (Lipinski definition) is 1. The quantitative estimate of drug-likeness (QED) is 0.737. The van der Waals surface area contributed by atoms with Gasteiger partial charge in [0.25, 0.3) is 0 Å². The predicted molar refractivity (Wildman–Crippen MR) is 62.8 cm³/mol. The smallest absolute Gasteiger partial charge is 0.0672 e. The summed E-state index contributed by atoms with van der Waals surface area (Å²) in [5.74, 6) is 0.219. The fourth-order valence-corrected chi connectivity index (χ4v) is 3.04. The molecule has 0 radical (unpaired) electrons. The standard InChI is InChI=1S/C13H22N2O/c1-13(16)6-8-15(9-7-13)12-5-3-2-4-11(12)10-14/h11-12,16H,2-9H2,1H3. The maximum atomic E-state index is 9.92. The molecule has 2 fully saturated rings. The second-order valence-electron chi connectivity index (χ2n) is 5.62. The monoisotopic (exact) mass is 222 g/mol. The largest absolute Gasteiger partial charge is 0.390 e. The molecular weight excluding hydrogens is 200 g/mol. The zero-order chi connectivity index (χ0) is 11.6. The molecule has 0 aromatic rings. The van der Waals surface area contributed by atoms with Gasteiger partial charge in [-0.1, -0.05) is 12.8 Å². The van der Waals surface area contributed by atoms with E-state index in [1.807, 2.05) is 6.92 Å². The van der Waals surface area contributed by atoms with E-state index in [4.69, 9.17) is 5.26 Å². The maximum Gasteiger partial charge on any atom is 0.0672 e. The molecule has 16 heavy (non-hydrogen) atoms. The van der Waals surface area contributed by atoms with Crippen molar-refractivity contribution in [2.75, 3.05) is 13.1 Å². The third kappa shape index (κ3) is 2.56. The second-order valence-corrected chi connectivity index (χ2v) is 5.62. The molecule has 1 saturated carbocycles. The summed E-state index contributed by atoms with van der Waals surface area (Å²) < 4.78 is 0. The fraction of sp³-hybridized carbons (Fsp3) is 0.923. The lowest BCUT2D eigenvalue weighted by Crippen LogP contribution is -2.50. The summed E-state index contributed by atoms with van der Waals surface area (Å²) in [6.07, 6.45) is 6.40. The van der Waals surface area contributed by atoms with Gasteiger partial charge in [-0.2, -0.15) is 5.26 Å². The van der Waals surface area contributed by atoms with Gasteiger partial charge in [0, 0.05) is 19.1 Å². The van der Waals surface area contributed by atoms with E-state index in [0.717, 1.165) is 32.4 Å². The minimum absolute atomic E-state index is 0.219. The first-order chi connectivity index (χ1) is 7.62. The molecule has 90 valence electrons. The normalized spacial score (nSPS) is 35.6. The molecule has 2 unspecified atom stereocenters. The Bertz CT molecular complexity index is 272. The number of hydrogen-bond acceptors (Lipinski definition) is 3. The number of nitrogens with zero attached hydrogens (tertiary/aromatic N) is 2. The van der Waals surface area contributed by atoms with Crippen LogP contribution < -0.4 is 0 Å². The highest BCUT2D eigenvalue weighted by Gasteiger charge is 2.35. The van der Waals surface area contributed by atoms with Gasteiger partial charge in [-0.15, -0.1) is 0 Å². The molecule has 1 aliphatic carbocycles. The molecule has 0 amide bonds. The fourth-order valence-electron chi connectivity index (χ4n) is 3.04. The number of rotatable bonds is 1. The Hall–Kier alpha value is -0.590. The van der Waals surface area contributed by atoms with Crippen LogP contribution in [0.15, 0.2) is 0 Å². The molecule has 1 saturated heterocycles. The van der Waals surface area contributed by atoms with E-state index in [-0.39, 0.29) is 5.92 Å². The van der Waals surface area contributed by atoms with Crippen LogP contribution in [0.25, 0.3) is 0 Å². The minimum atomic E-state index is -0.479. The highest BCUT2D eigenvalue weighted by atomic mass is 16.3. The van der Waals surface area contributed by atoms with Gasteiger partial charge in [0.2, 0.25) is 0 Å². The predicted octanol–water partition coefficient (Wildman–Crippen LogP) is 1.92. The highest BCUT2D eigenvalue weighted by Crippen LogP contribution is 2.31. The lowest BCUT2D eigenvalue weighted by atomic mass is 9.82. The molecule has 0 aromatic carbocycles. The van der Waals surface area contributed by atoms with Crippen LogP contribution in [0.5, 0.6) is 0 Å². The van der Waals surface area contributed by atoms with E-state index in [1.165, 1.54) is 19.3 Å². The third-order valence-corrected chi connectivity index (χ3v) is 4.24. The van der Waals surface area contributed by atoms with Crippen LogP contribution in [0.4, 0.5) is 0 Å². The van der Waals surface area contributed by atoms with E-state index in [1.54, 1.807) is 0 Å². The molecule has 0 spiro atoms. The van der Waals surface area contributed by atoms with Gasteiger partial charge in [-0.05, 0) is 32.6 Å². The number of aliphatic hydroxyl groups is 1. The van der Waals surface area contributed by atoms with Gasteiger partial charge >= 0.3 is 0 Å². The van der Waals surface area contributed by atoms with Crippen molar-refractivity contribution in [1.82, 2.24) is 4.90 Å². The molecule has 1 N–H and O–H groups in total. The number of nitriles is 1. The van der Waals surface area contributed by atoms with Gasteiger partial charge < -0.3 is 5.11 Å². The Balaban J connectivity index is 1.95. The first-order valence-corrected chi connectivity index (χ1v) is 6.48. The molecule has 1 heterocycles. The average Bonchev–Trinajstić information content (AvgIpc) is 2.29. The molecule has 0 aromatic heterocycles. The van der Waals surface area contributed by atoms with Gasteiger partial charge in [0.05, 0.1) is 17.6 Å². The van der Waals surface area contributed by atoms with Crippen molar-refractivity contribution in [3.8, 4) is 6.07 Å². The SMILES string of the molecule is CC1(O)CCN(C2CCCCC2C#N)CC1. The zero-order valence-corrected chi connectivity index (χ0v) is 10.2. The maximum absolute atomic E-state index is 9.92. The van der Waals surface area contributed by atoms with Crippen LogP contribution in [0.1, 0.15) is 45.4 Å². The van der Waals surface area contributed by atoms with E-state index >= 15 is 0 Å². The van der Waals surface area contributed by atoms with E-state index < -0.39 is 5.60 Å². The molecule has 3 nitrogen and oxygen atoms in total. The summed E-state index contributed by atoms with van der Waals surface area (Å²) in [6.45, 7) is 3.83. The van der Waals surface area contributed by atoms with Gasteiger partial charge in [-0.25, -0.2) is 0 Å². The second kappa shape index (κ2) is 4.73. The van der Waals surface area contributed by atoms with Crippen molar-refractivity contribution in [2.24, 2.45) is 5.92 Å². The van der Waals surface area contributed by atoms with Crippen LogP contribution in [0, 0.1) is 17.2 Å². The summed E-state index contributed by atoms with van der Waals surface area (Å²) >= 11 is 0. The van der Waals surface area contributed by atoms with Crippen molar-refractivity contribution in [3.63, 3.8) is 0 Å². The van der Waals surface area contributed by atoms with Crippen molar-refractivity contribution in [1.29, 1.82) is 5.26 Å². The highest BCUT2D eigenvalue weighted by molar-refractivity contribution is 4.97. The van der Waals surface area contributed by atoms with Crippen LogP contribution in [0.3, 0.4) is 0 Å². The third-order valence-electron chi connectivity index (χ3n) is 4.24. The Labute approximate surface area is 98.1 Å². The molecule has 3 heteroatoms. The van der Waals surface area contributed by atoms with Crippen LogP contribution >= 0.6 is 0 Å². The lowest BCUT2D eigenvalue weighted by molar-refractivity contribution is -0.0256. The summed E-state index contributed by atoms with van der Waals surface area (Å²) in [5.41, 5.74) is -0.479. The zero-order valence-electron chi connectivity index (χ0n) is 10.2. The van der Waals surface area contributed by atoms with Crippen molar-refractivity contribution >= 4 is 0 Å². The first kappa shape index (κ1) is 11.9. The summed E-state index contributed by atoms with van der Waals surface area (Å²) in [6, 6.07) is 2.92. The molecule has 1 aliphatic heterocycles. The average molecular weight is 222 g/mol. The summed E-state index contributed by atoms with van der Waals surface area (Å²) in [5, 5.41) is 19.1. The van der Waals surface area contributed by atoms with Crippen molar-refractivity contribution in [3.05, 3.63) is 0 Å². The van der Waals surface area contributed by atoms with Gasteiger partial charge in [-0.3, -0.25) is 4.90 Å². The lowest BCUT2D eigenvalue weighted by Gasteiger charge is -2.43. The Kier molecular flexibility index (Phi) is 3.51. The molecule has 2 rings (SSSR count). The minimum Gasteiger partial charge on any atom is -0.390 e. The number of piperidine rings is 1. The Morgan fingerprint density at radius 3 is 2.50 bits per heavy atom. The number of likely N-dealkylation sites (tertiary alicyclic amines) is 1. The van der Waals surface area contributed by atoms with Crippen LogP contribution in [-0.4, -0.2) is 34.7 Å². The van der Waals surface area contributed by atoms with Gasteiger partial charge in [0.15, 0.2) is 0 Å². The Morgan fingerprint density at radius 2 is 1.88 bits per heavy atom. The van der Waals surface area contributed by atoms with Crippen LogP contribution in [0.2, 0.25) is 0 Å². The van der Waals surface area contributed by atoms with E-state index in [0.29, 0.717) is 6.04 Å². The molecular formula is C13H22N2O. The summed E-state index contributed by atoms with van der Waals surface area (Å²) in [7, 11) is 0.